The molecule has 1 amide bonds. The summed E-state index contributed by atoms with van der Waals surface area (Å²) in [5.74, 6) is 0.320. The number of carbonyl (C=O) groups excluding carboxylic acids is 1. The van der Waals surface area contributed by atoms with Crippen molar-refractivity contribution in [1.82, 2.24) is 14.7 Å². The largest absolute Gasteiger partial charge is 0.496 e. The van der Waals surface area contributed by atoms with Crippen LogP contribution in [-0.4, -0.2) is 40.3 Å². The van der Waals surface area contributed by atoms with Gasteiger partial charge in [0.2, 0.25) is 5.91 Å². The molecule has 2 atom stereocenters. The van der Waals surface area contributed by atoms with E-state index in [2.05, 4.69) is 5.10 Å². The minimum absolute atomic E-state index is 0.0600. The molecular formula is C22H27F3N4O2. The topological polar surface area (TPSA) is 73.4 Å². The van der Waals surface area contributed by atoms with Gasteiger partial charge in [0.25, 0.3) is 0 Å². The van der Waals surface area contributed by atoms with Crippen LogP contribution in [0.5, 0.6) is 5.75 Å². The van der Waals surface area contributed by atoms with Crippen LogP contribution < -0.4 is 10.5 Å². The van der Waals surface area contributed by atoms with Crippen molar-refractivity contribution in [3.63, 3.8) is 0 Å². The van der Waals surface area contributed by atoms with E-state index in [-0.39, 0.29) is 17.5 Å². The molecule has 168 valence electrons. The standard InChI is InChI=1S/C22H27F3N4O2/c1-12-15(5-4-6-17(12)31-3)20-16(26)9-10-28(20)18(30)11-29-21(22(23,24)25)13(2)19(27-29)14-7-8-14/h4-6,14,16,20H,7-11,26H2,1-3H3/t16-,20-/m1/s1. The van der Waals surface area contributed by atoms with Crippen molar-refractivity contribution in [2.24, 2.45) is 5.73 Å². The maximum Gasteiger partial charge on any atom is 0.433 e. The van der Waals surface area contributed by atoms with E-state index in [0.29, 0.717) is 24.4 Å². The third-order valence-electron chi connectivity index (χ3n) is 6.37. The summed E-state index contributed by atoms with van der Waals surface area (Å²) < 4.78 is 47.5. The van der Waals surface area contributed by atoms with Crippen molar-refractivity contribution >= 4 is 5.91 Å². The first-order valence-corrected chi connectivity index (χ1v) is 10.5. The molecule has 2 fully saturated rings. The van der Waals surface area contributed by atoms with Crippen LogP contribution in [0.2, 0.25) is 0 Å². The second-order valence-electron chi connectivity index (χ2n) is 8.45. The van der Waals surface area contributed by atoms with Crippen LogP contribution in [0.25, 0.3) is 0 Å². The van der Waals surface area contributed by atoms with Crippen molar-refractivity contribution in [2.45, 2.75) is 63.8 Å². The van der Waals surface area contributed by atoms with Gasteiger partial charge in [0, 0.05) is 24.1 Å². The Morgan fingerprint density at radius 3 is 2.55 bits per heavy atom. The summed E-state index contributed by atoms with van der Waals surface area (Å²) in [6.07, 6.45) is -2.33. The number of halogens is 3. The number of nitrogens with two attached hydrogens (primary N) is 1. The lowest BCUT2D eigenvalue weighted by Gasteiger charge is -2.29. The Labute approximate surface area is 179 Å². The van der Waals surface area contributed by atoms with E-state index in [1.807, 2.05) is 25.1 Å². The lowest BCUT2D eigenvalue weighted by molar-refractivity contribution is -0.146. The maximum absolute atomic E-state index is 13.8. The third kappa shape index (κ3) is 3.91. The van der Waals surface area contributed by atoms with Gasteiger partial charge >= 0.3 is 6.18 Å². The van der Waals surface area contributed by atoms with E-state index in [1.54, 1.807) is 12.0 Å². The maximum atomic E-state index is 13.8. The summed E-state index contributed by atoms with van der Waals surface area (Å²) >= 11 is 0. The zero-order valence-electron chi connectivity index (χ0n) is 17.9. The highest BCUT2D eigenvalue weighted by Crippen LogP contribution is 2.44. The van der Waals surface area contributed by atoms with Gasteiger partial charge in [-0.3, -0.25) is 9.48 Å². The molecule has 1 aliphatic heterocycles. The van der Waals surface area contributed by atoms with E-state index >= 15 is 0 Å². The Morgan fingerprint density at radius 2 is 1.94 bits per heavy atom. The molecule has 1 aromatic carbocycles. The molecule has 0 spiro atoms. The van der Waals surface area contributed by atoms with Crippen LogP contribution in [-0.2, 0) is 17.5 Å². The number of aromatic nitrogens is 2. The molecule has 1 saturated heterocycles. The van der Waals surface area contributed by atoms with Gasteiger partial charge in [0.05, 0.1) is 18.8 Å². The van der Waals surface area contributed by atoms with Crippen LogP contribution >= 0.6 is 0 Å². The molecule has 1 aliphatic carbocycles. The van der Waals surface area contributed by atoms with Crippen molar-refractivity contribution in [3.8, 4) is 5.75 Å². The Morgan fingerprint density at radius 1 is 1.23 bits per heavy atom. The van der Waals surface area contributed by atoms with Crippen molar-refractivity contribution in [2.75, 3.05) is 13.7 Å². The van der Waals surface area contributed by atoms with Gasteiger partial charge in [0.15, 0.2) is 0 Å². The highest BCUT2D eigenvalue weighted by atomic mass is 19.4. The summed E-state index contributed by atoms with van der Waals surface area (Å²) in [6.45, 7) is 3.26. The van der Waals surface area contributed by atoms with Gasteiger partial charge < -0.3 is 15.4 Å². The lowest BCUT2D eigenvalue weighted by Crippen LogP contribution is -2.38. The predicted molar refractivity (Wildman–Crippen MR) is 109 cm³/mol. The summed E-state index contributed by atoms with van der Waals surface area (Å²) in [6, 6.07) is 4.82. The molecule has 0 radical (unpaired) electrons. The van der Waals surface area contributed by atoms with Gasteiger partial charge in [-0.2, -0.15) is 18.3 Å². The average molecular weight is 436 g/mol. The summed E-state index contributed by atoms with van der Waals surface area (Å²) in [5, 5.41) is 4.21. The highest BCUT2D eigenvalue weighted by Gasteiger charge is 2.43. The second-order valence-corrected chi connectivity index (χ2v) is 8.45. The van der Waals surface area contributed by atoms with Gasteiger partial charge in [0.1, 0.15) is 18.0 Å². The van der Waals surface area contributed by atoms with Crippen LogP contribution in [0.3, 0.4) is 0 Å². The average Bonchev–Trinajstić information content (AvgIpc) is 3.38. The predicted octanol–water partition coefficient (Wildman–Crippen LogP) is 3.71. The van der Waals surface area contributed by atoms with E-state index in [4.69, 9.17) is 10.5 Å². The molecule has 31 heavy (non-hydrogen) atoms. The molecule has 0 unspecified atom stereocenters. The summed E-state index contributed by atoms with van der Waals surface area (Å²) in [7, 11) is 1.57. The third-order valence-corrected chi connectivity index (χ3v) is 6.37. The van der Waals surface area contributed by atoms with Crippen molar-refractivity contribution in [1.29, 1.82) is 0 Å². The van der Waals surface area contributed by atoms with Gasteiger partial charge in [-0.05, 0) is 50.3 Å². The Balaban J connectivity index is 1.65. The summed E-state index contributed by atoms with van der Waals surface area (Å²) in [5.41, 5.74) is 7.80. The Hall–Kier alpha value is -2.55. The molecular weight excluding hydrogens is 409 g/mol. The van der Waals surface area contributed by atoms with Gasteiger partial charge in [-0.1, -0.05) is 12.1 Å². The van der Waals surface area contributed by atoms with Gasteiger partial charge in [-0.25, -0.2) is 0 Å². The Bertz CT molecular complexity index is 997. The van der Waals surface area contributed by atoms with E-state index in [1.165, 1.54) is 6.92 Å². The lowest BCUT2D eigenvalue weighted by atomic mass is 9.95. The highest BCUT2D eigenvalue weighted by molar-refractivity contribution is 5.77. The number of nitrogens with zero attached hydrogens (tertiary/aromatic N) is 3. The fourth-order valence-electron chi connectivity index (χ4n) is 4.67. The first kappa shape index (κ1) is 21.7. The van der Waals surface area contributed by atoms with E-state index < -0.39 is 30.4 Å². The SMILES string of the molecule is COc1cccc([C@@H]2[C@H](N)CCN2C(=O)Cn2nc(C3CC3)c(C)c2C(F)(F)F)c1C. The van der Waals surface area contributed by atoms with Crippen LogP contribution in [0.15, 0.2) is 18.2 Å². The molecule has 2 aliphatic rings. The molecule has 0 bridgehead atoms. The molecule has 1 saturated carbocycles. The molecule has 1 aromatic heterocycles. The fraction of sp³-hybridized carbons (Fsp3) is 0.545. The van der Waals surface area contributed by atoms with Gasteiger partial charge in [-0.15, -0.1) is 0 Å². The normalized spacial score (nSPS) is 21.6. The minimum Gasteiger partial charge on any atom is -0.496 e. The van der Waals surface area contributed by atoms with E-state index in [9.17, 15) is 18.0 Å². The number of benzene rings is 1. The minimum atomic E-state index is -4.57. The number of ether oxygens (including phenoxy) is 1. The van der Waals surface area contributed by atoms with Crippen LogP contribution in [0, 0.1) is 13.8 Å². The number of rotatable bonds is 5. The number of alkyl halides is 3. The molecule has 4 rings (SSSR count). The molecule has 9 heteroatoms. The van der Waals surface area contributed by atoms with E-state index in [0.717, 1.165) is 28.7 Å². The fourth-order valence-corrected chi connectivity index (χ4v) is 4.67. The number of methoxy groups -OCH3 is 1. The molecule has 2 N–H and O–H groups in total. The Kier molecular flexibility index (Phi) is 5.49. The quantitative estimate of drug-likeness (QED) is 0.776. The first-order chi connectivity index (χ1) is 14.6. The van der Waals surface area contributed by atoms with Crippen molar-refractivity contribution in [3.05, 3.63) is 46.3 Å². The van der Waals surface area contributed by atoms with Crippen molar-refractivity contribution < 1.29 is 22.7 Å². The van der Waals surface area contributed by atoms with Crippen LogP contribution in [0.4, 0.5) is 13.2 Å². The second kappa shape index (κ2) is 7.85. The molecule has 6 nitrogen and oxygen atoms in total. The monoisotopic (exact) mass is 436 g/mol. The zero-order chi connectivity index (χ0) is 22.5. The number of amides is 1. The number of carbonyl (C=O) groups is 1. The molecule has 2 heterocycles. The molecule has 2 aromatic rings. The van der Waals surface area contributed by atoms with Crippen LogP contribution in [0.1, 0.15) is 59.3 Å². The first-order valence-electron chi connectivity index (χ1n) is 10.5. The number of hydrogen-bond donors (Lipinski definition) is 1. The number of likely N-dealkylation sites (tertiary alicyclic amines) is 1. The zero-order valence-corrected chi connectivity index (χ0v) is 17.9. The smallest absolute Gasteiger partial charge is 0.433 e. The summed E-state index contributed by atoms with van der Waals surface area (Å²) in [4.78, 5) is 14.8. The number of hydrogen-bond acceptors (Lipinski definition) is 4.